The molecular formula is C12H20N4O. The predicted molar refractivity (Wildman–Crippen MR) is 64.5 cm³/mol. The lowest BCUT2D eigenvalue weighted by molar-refractivity contribution is 0.0858. The first-order valence-corrected chi connectivity index (χ1v) is 6.25. The van der Waals surface area contributed by atoms with Crippen LogP contribution in [0.3, 0.4) is 0 Å². The minimum absolute atomic E-state index is 0.0135. The zero-order chi connectivity index (χ0) is 12.3. The van der Waals surface area contributed by atoms with Gasteiger partial charge in [0, 0.05) is 13.5 Å². The molecule has 2 N–H and O–H groups in total. The molecule has 1 aliphatic carbocycles. The second-order valence-corrected chi connectivity index (χ2v) is 5.11. The average Bonchev–Trinajstić information content (AvgIpc) is 2.77. The summed E-state index contributed by atoms with van der Waals surface area (Å²) in [5.74, 6) is 0.116. The summed E-state index contributed by atoms with van der Waals surface area (Å²) >= 11 is 0. The van der Waals surface area contributed by atoms with Gasteiger partial charge in [-0.3, -0.25) is 4.79 Å². The summed E-state index contributed by atoms with van der Waals surface area (Å²) in [5.41, 5.74) is 6.49. The fourth-order valence-corrected chi connectivity index (χ4v) is 2.73. The van der Waals surface area contributed by atoms with E-state index in [2.05, 4.69) is 10.3 Å². The quantitative estimate of drug-likeness (QED) is 0.800. The monoisotopic (exact) mass is 236 g/mol. The lowest BCUT2D eigenvalue weighted by Crippen LogP contribution is -2.35. The maximum atomic E-state index is 12.2. The number of aryl methyl sites for hydroxylation is 1. The third-order valence-electron chi connectivity index (χ3n) is 3.88. The van der Waals surface area contributed by atoms with Crippen molar-refractivity contribution < 1.29 is 4.79 Å². The van der Waals surface area contributed by atoms with Crippen LogP contribution in [0.1, 0.15) is 49.0 Å². The van der Waals surface area contributed by atoms with Crippen molar-refractivity contribution in [1.82, 2.24) is 15.0 Å². The summed E-state index contributed by atoms with van der Waals surface area (Å²) in [6, 6.07) is 0. The SMILES string of the molecule is Cn1nncc1C(=O)CC1(CN)CCCCC1. The largest absolute Gasteiger partial charge is 0.330 e. The van der Waals surface area contributed by atoms with E-state index in [0.29, 0.717) is 18.7 Å². The Hall–Kier alpha value is -1.23. The zero-order valence-corrected chi connectivity index (χ0v) is 10.4. The second kappa shape index (κ2) is 4.96. The molecule has 0 aromatic carbocycles. The topological polar surface area (TPSA) is 73.8 Å². The number of carbonyl (C=O) groups is 1. The predicted octanol–water partition coefficient (Wildman–Crippen LogP) is 1.30. The molecule has 1 saturated carbocycles. The smallest absolute Gasteiger partial charge is 0.183 e. The van der Waals surface area contributed by atoms with E-state index in [4.69, 9.17) is 5.73 Å². The number of aromatic nitrogens is 3. The van der Waals surface area contributed by atoms with E-state index in [1.54, 1.807) is 7.05 Å². The van der Waals surface area contributed by atoms with Crippen molar-refractivity contribution in [2.24, 2.45) is 18.2 Å². The number of carbonyl (C=O) groups excluding carboxylic acids is 1. The highest BCUT2D eigenvalue weighted by atomic mass is 16.1. The molecule has 0 atom stereocenters. The van der Waals surface area contributed by atoms with Gasteiger partial charge in [0.2, 0.25) is 0 Å². The molecule has 5 heteroatoms. The highest BCUT2D eigenvalue weighted by Crippen LogP contribution is 2.39. The molecule has 0 spiro atoms. The van der Waals surface area contributed by atoms with Crippen LogP contribution in [0.15, 0.2) is 6.20 Å². The van der Waals surface area contributed by atoms with E-state index in [0.717, 1.165) is 12.8 Å². The van der Waals surface area contributed by atoms with Crippen LogP contribution in [0.4, 0.5) is 0 Å². The van der Waals surface area contributed by atoms with Crippen molar-refractivity contribution in [1.29, 1.82) is 0 Å². The number of Topliss-reactive ketones (excluding diaryl/α,β-unsaturated/α-hetero) is 1. The maximum absolute atomic E-state index is 12.2. The van der Waals surface area contributed by atoms with Crippen LogP contribution in [0.2, 0.25) is 0 Å². The number of hydrogen-bond acceptors (Lipinski definition) is 4. The number of hydrogen-bond donors (Lipinski definition) is 1. The van der Waals surface area contributed by atoms with Crippen LogP contribution < -0.4 is 5.73 Å². The molecule has 5 nitrogen and oxygen atoms in total. The standard InChI is InChI=1S/C12H20N4O/c1-16-10(8-14-15-16)11(17)7-12(9-13)5-3-2-4-6-12/h8H,2-7,9,13H2,1H3. The third-order valence-corrected chi connectivity index (χ3v) is 3.88. The van der Waals surface area contributed by atoms with Crippen LogP contribution in [0.5, 0.6) is 0 Å². The minimum atomic E-state index is 0.0135. The molecule has 1 aliphatic rings. The van der Waals surface area contributed by atoms with Crippen LogP contribution >= 0.6 is 0 Å². The molecule has 1 aromatic heterocycles. The van der Waals surface area contributed by atoms with Crippen molar-refractivity contribution >= 4 is 5.78 Å². The van der Waals surface area contributed by atoms with Gasteiger partial charge in [0.25, 0.3) is 0 Å². The van der Waals surface area contributed by atoms with Gasteiger partial charge in [-0.2, -0.15) is 0 Å². The van der Waals surface area contributed by atoms with Crippen molar-refractivity contribution in [2.45, 2.75) is 38.5 Å². The average molecular weight is 236 g/mol. The van der Waals surface area contributed by atoms with Crippen LogP contribution in [0, 0.1) is 5.41 Å². The van der Waals surface area contributed by atoms with Crippen LogP contribution in [-0.2, 0) is 7.05 Å². The lowest BCUT2D eigenvalue weighted by atomic mass is 9.71. The fourth-order valence-electron chi connectivity index (χ4n) is 2.73. The highest BCUT2D eigenvalue weighted by Gasteiger charge is 2.33. The highest BCUT2D eigenvalue weighted by molar-refractivity contribution is 5.94. The van der Waals surface area contributed by atoms with E-state index in [9.17, 15) is 4.79 Å². The van der Waals surface area contributed by atoms with E-state index < -0.39 is 0 Å². The Morgan fingerprint density at radius 1 is 1.47 bits per heavy atom. The van der Waals surface area contributed by atoms with Gasteiger partial charge in [0.15, 0.2) is 5.78 Å². The molecule has 0 amide bonds. The van der Waals surface area contributed by atoms with E-state index in [-0.39, 0.29) is 11.2 Å². The lowest BCUT2D eigenvalue weighted by Gasteiger charge is -2.35. The third kappa shape index (κ3) is 2.54. The fraction of sp³-hybridized carbons (Fsp3) is 0.750. The van der Waals surface area contributed by atoms with Crippen molar-refractivity contribution in [2.75, 3.05) is 6.54 Å². The van der Waals surface area contributed by atoms with Gasteiger partial charge in [-0.1, -0.05) is 24.5 Å². The Kier molecular flexibility index (Phi) is 3.57. The first-order chi connectivity index (χ1) is 8.17. The van der Waals surface area contributed by atoms with Crippen molar-refractivity contribution in [3.05, 3.63) is 11.9 Å². The number of ketones is 1. The Balaban J connectivity index is 2.08. The van der Waals surface area contributed by atoms with E-state index in [1.165, 1.54) is 30.1 Å². The minimum Gasteiger partial charge on any atom is -0.330 e. The molecular weight excluding hydrogens is 216 g/mol. The maximum Gasteiger partial charge on any atom is 0.183 e. The summed E-state index contributed by atoms with van der Waals surface area (Å²) in [4.78, 5) is 12.2. The van der Waals surface area contributed by atoms with Gasteiger partial charge < -0.3 is 5.73 Å². The zero-order valence-electron chi connectivity index (χ0n) is 10.4. The molecule has 17 heavy (non-hydrogen) atoms. The summed E-state index contributed by atoms with van der Waals surface area (Å²) in [6.45, 7) is 0.601. The Labute approximate surface area is 101 Å². The first-order valence-electron chi connectivity index (χ1n) is 6.25. The number of nitrogens with two attached hydrogens (primary N) is 1. The van der Waals surface area contributed by atoms with Gasteiger partial charge >= 0.3 is 0 Å². The number of nitrogens with zero attached hydrogens (tertiary/aromatic N) is 3. The molecule has 94 valence electrons. The molecule has 1 heterocycles. The van der Waals surface area contributed by atoms with Crippen molar-refractivity contribution in [3.63, 3.8) is 0 Å². The Morgan fingerprint density at radius 2 is 2.18 bits per heavy atom. The molecule has 0 bridgehead atoms. The van der Waals surface area contributed by atoms with Gasteiger partial charge in [0.1, 0.15) is 5.69 Å². The Morgan fingerprint density at radius 3 is 2.71 bits per heavy atom. The van der Waals surface area contributed by atoms with E-state index >= 15 is 0 Å². The molecule has 0 saturated heterocycles. The molecule has 1 fully saturated rings. The molecule has 2 rings (SSSR count). The van der Waals surface area contributed by atoms with Crippen LogP contribution in [0.25, 0.3) is 0 Å². The number of rotatable bonds is 4. The van der Waals surface area contributed by atoms with Gasteiger partial charge in [-0.25, -0.2) is 4.68 Å². The summed E-state index contributed by atoms with van der Waals surface area (Å²) in [6.07, 6.45) is 7.85. The normalized spacial score (nSPS) is 19.2. The Bertz CT molecular complexity index is 393. The molecule has 1 aromatic rings. The molecule has 0 unspecified atom stereocenters. The van der Waals surface area contributed by atoms with E-state index in [1.807, 2.05) is 0 Å². The summed E-state index contributed by atoms with van der Waals surface area (Å²) < 4.78 is 1.54. The van der Waals surface area contributed by atoms with Crippen LogP contribution in [-0.4, -0.2) is 27.3 Å². The summed E-state index contributed by atoms with van der Waals surface area (Å²) in [7, 11) is 1.75. The first kappa shape index (κ1) is 12.2. The molecule has 0 radical (unpaired) electrons. The van der Waals surface area contributed by atoms with Gasteiger partial charge in [-0.15, -0.1) is 5.10 Å². The molecule has 0 aliphatic heterocycles. The van der Waals surface area contributed by atoms with Gasteiger partial charge in [-0.05, 0) is 24.8 Å². The summed E-state index contributed by atoms with van der Waals surface area (Å²) in [5, 5.41) is 7.54. The van der Waals surface area contributed by atoms with Crippen molar-refractivity contribution in [3.8, 4) is 0 Å². The second-order valence-electron chi connectivity index (χ2n) is 5.11. The van der Waals surface area contributed by atoms with Gasteiger partial charge in [0.05, 0.1) is 6.20 Å².